The van der Waals surface area contributed by atoms with Crippen LogP contribution in [0.25, 0.3) is 27.2 Å². The van der Waals surface area contributed by atoms with Crippen LogP contribution in [0.3, 0.4) is 0 Å². The highest BCUT2D eigenvalue weighted by Gasteiger charge is 2.02. The number of imidazole rings is 1. The fourth-order valence-electron chi connectivity index (χ4n) is 2.39. The first-order valence-corrected chi connectivity index (χ1v) is 5.66. The van der Waals surface area contributed by atoms with Crippen LogP contribution in [0.2, 0.25) is 0 Å². The van der Waals surface area contributed by atoms with Gasteiger partial charge in [0.25, 0.3) is 0 Å². The highest BCUT2D eigenvalue weighted by Crippen LogP contribution is 2.25. The first-order valence-electron chi connectivity index (χ1n) is 5.66. The van der Waals surface area contributed by atoms with Gasteiger partial charge in [0.1, 0.15) is 5.65 Å². The lowest BCUT2D eigenvalue weighted by Crippen LogP contribution is -1.85. The fourth-order valence-corrected chi connectivity index (χ4v) is 2.39. The topological polar surface area (TPSA) is 17.3 Å². The molecule has 0 unspecified atom stereocenters. The zero-order valence-electron chi connectivity index (χ0n) is 9.17. The molecule has 0 saturated heterocycles. The molecule has 2 heterocycles. The van der Waals surface area contributed by atoms with Crippen molar-refractivity contribution < 1.29 is 0 Å². The molecule has 0 aliphatic carbocycles. The molecule has 4 rings (SSSR count). The van der Waals surface area contributed by atoms with Crippen molar-refractivity contribution in [3.05, 3.63) is 61.1 Å². The second-order valence-electron chi connectivity index (χ2n) is 4.26. The zero-order chi connectivity index (χ0) is 11.2. The fraction of sp³-hybridized carbons (Fsp3) is 0. The van der Waals surface area contributed by atoms with Crippen molar-refractivity contribution >= 4 is 27.2 Å². The van der Waals surface area contributed by atoms with Gasteiger partial charge in [-0.1, -0.05) is 24.3 Å². The summed E-state index contributed by atoms with van der Waals surface area (Å²) in [6.45, 7) is 0. The van der Waals surface area contributed by atoms with E-state index in [4.69, 9.17) is 0 Å². The number of hydrogen-bond acceptors (Lipinski definition) is 1. The van der Waals surface area contributed by atoms with E-state index in [1.54, 1.807) is 0 Å². The van der Waals surface area contributed by atoms with Gasteiger partial charge in [-0.05, 0) is 34.4 Å². The van der Waals surface area contributed by atoms with E-state index in [-0.39, 0.29) is 0 Å². The smallest absolute Gasteiger partial charge is 0.144 e. The number of benzene rings is 2. The second kappa shape index (κ2) is 3.08. The number of nitrogens with zero attached hydrogens (tertiary/aromatic N) is 2. The van der Waals surface area contributed by atoms with Gasteiger partial charge in [-0.25, -0.2) is 4.98 Å². The first-order chi connectivity index (χ1) is 8.42. The summed E-state index contributed by atoms with van der Waals surface area (Å²) >= 11 is 0. The Morgan fingerprint density at radius 2 is 1.65 bits per heavy atom. The molecule has 2 nitrogen and oxygen atoms in total. The average Bonchev–Trinajstić information content (AvgIpc) is 2.85. The van der Waals surface area contributed by atoms with E-state index < -0.39 is 0 Å². The monoisotopic (exact) mass is 218 g/mol. The van der Waals surface area contributed by atoms with Crippen LogP contribution in [0, 0.1) is 0 Å². The van der Waals surface area contributed by atoms with Crippen LogP contribution in [0.5, 0.6) is 0 Å². The highest BCUT2D eigenvalue weighted by molar-refractivity contribution is 6.03. The summed E-state index contributed by atoms with van der Waals surface area (Å²) in [6, 6.07) is 15.0. The first kappa shape index (κ1) is 8.76. The molecule has 2 aromatic carbocycles. The van der Waals surface area contributed by atoms with Crippen molar-refractivity contribution in [3.63, 3.8) is 0 Å². The van der Waals surface area contributed by atoms with Crippen LogP contribution in [0.15, 0.2) is 61.1 Å². The van der Waals surface area contributed by atoms with Gasteiger partial charge in [0.15, 0.2) is 0 Å². The van der Waals surface area contributed by atoms with Gasteiger partial charge >= 0.3 is 0 Å². The summed E-state index contributed by atoms with van der Waals surface area (Å²) < 4.78 is 2.05. The van der Waals surface area contributed by atoms with E-state index >= 15 is 0 Å². The second-order valence-corrected chi connectivity index (χ2v) is 4.26. The molecule has 0 spiro atoms. The van der Waals surface area contributed by atoms with Gasteiger partial charge in [0.2, 0.25) is 0 Å². The van der Waals surface area contributed by atoms with Crippen LogP contribution < -0.4 is 0 Å². The Labute approximate surface area is 98.1 Å². The molecule has 2 heteroatoms. The molecule has 0 saturated carbocycles. The minimum absolute atomic E-state index is 1.02. The summed E-state index contributed by atoms with van der Waals surface area (Å²) in [7, 11) is 0. The maximum Gasteiger partial charge on any atom is 0.144 e. The molecule has 0 amide bonds. The third-order valence-corrected chi connectivity index (χ3v) is 3.24. The molecule has 0 atom stereocenters. The average molecular weight is 218 g/mol. The molecule has 0 aliphatic heterocycles. The summed E-state index contributed by atoms with van der Waals surface area (Å²) in [4.78, 5) is 4.42. The van der Waals surface area contributed by atoms with E-state index in [0.29, 0.717) is 0 Å². The Hall–Kier alpha value is -2.35. The van der Waals surface area contributed by atoms with E-state index in [1.165, 1.54) is 21.5 Å². The minimum Gasteiger partial charge on any atom is -0.307 e. The highest BCUT2D eigenvalue weighted by atomic mass is 15.0. The van der Waals surface area contributed by atoms with E-state index in [1.807, 2.05) is 12.4 Å². The maximum atomic E-state index is 4.42. The van der Waals surface area contributed by atoms with Gasteiger partial charge in [-0.2, -0.15) is 0 Å². The Bertz CT molecular complexity index is 843. The lowest BCUT2D eigenvalue weighted by Gasteiger charge is -2.03. The van der Waals surface area contributed by atoms with Crippen LogP contribution in [0.1, 0.15) is 0 Å². The number of aromatic nitrogens is 2. The predicted molar refractivity (Wildman–Crippen MR) is 70.2 cm³/mol. The Kier molecular flexibility index (Phi) is 1.59. The minimum atomic E-state index is 1.02. The number of pyridine rings is 1. The molecule has 0 N–H and O–H groups in total. The molecule has 0 aliphatic rings. The van der Waals surface area contributed by atoms with Crippen molar-refractivity contribution in [2.45, 2.75) is 0 Å². The summed E-state index contributed by atoms with van der Waals surface area (Å²) in [5.74, 6) is 0. The number of hydrogen-bond donors (Lipinski definition) is 0. The van der Waals surface area contributed by atoms with Gasteiger partial charge in [-0.3, -0.25) is 0 Å². The van der Waals surface area contributed by atoms with E-state index in [9.17, 15) is 0 Å². The van der Waals surface area contributed by atoms with Crippen molar-refractivity contribution in [1.82, 2.24) is 9.38 Å². The van der Waals surface area contributed by atoms with Crippen molar-refractivity contribution in [2.75, 3.05) is 0 Å². The molecule has 0 fully saturated rings. The largest absolute Gasteiger partial charge is 0.307 e. The Morgan fingerprint density at radius 3 is 2.53 bits per heavy atom. The van der Waals surface area contributed by atoms with Crippen molar-refractivity contribution in [2.24, 2.45) is 0 Å². The summed E-state index contributed by atoms with van der Waals surface area (Å²) in [5, 5.41) is 4.98. The van der Waals surface area contributed by atoms with Crippen LogP contribution in [-0.4, -0.2) is 9.38 Å². The molecule has 0 radical (unpaired) electrons. The summed E-state index contributed by atoms with van der Waals surface area (Å²) in [6.07, 6.45) is 5.87. The third-order valence-electron chi connectivity index (χ3n) is 3.24. The van der Waals surface area contributed by atoms with E-state index in [0.717, 1.165) is 5.65 Å². The van der Waals surface area contributed by atoms with Crippen LogP contribution in [-0.2, 0) is 0 Å². The Morgan fingerprint density at radius 1 is 0.824 bits per heavy atom. The molecule has 17 heavy (non-hydrogen) atoms. The lowest BCUT2D eigenvalue weighted by molar-refractivity contribution is 1.20. The number of fused-ring (bicyclic) bond motifs is 4. The van der Waals surface area contributed by atoms with E-state index in [2.05, 4.69) is 58.0 Å². The maximum absolute atomic E-state index is 4.42. The van der Waals surface area contributed by atoms with Crippen molar-refractivity contribution in [3.8, 4) is 0 Å². The van der Waals surface area contributed by atoms with Crippen molar-refractivity contribution in [1.29, 1.82) is 0 Å². The van der Waals surface area contributed by atoms with Gasteiger partial charge in [0, 0.05) is 24.0 Å². The predicted octanol–water partition coefficient (Wildman–Crippen LogP) is 3.64. The third kappa shape index (κ3) is 1.18. The molecule has 80 valence electrons. The standard InChI is InChI=1S/C15H10N2/c1-2-4-12-10-14-13(9-11(12)3-1)5-7-17-8-6-16-15(14)17/h1-10H. The zero-order valence-corrected chi connectivity index (χ0v) is 9.17. The number of rotatable bonds is 0. The molecular formula is C15H10N2. The van der Waals surface area contributed by atoms with Gasteiger partial charge in [-0.15, -0.1) is 0 Å². The SMILES string of the molecule is c1ccc2cc3c(ccn4ccnc34)cc2c1. The molecule has 4 aromatic rings. The quantitative estimate of drug-likeness (QED) is 0.412. The summed E-state index contributed by atoms with van der Waals surface area (Å²) in [5.41, 5.74) is 1.02. The van der Waals surface area contributed by atoms with Gasteiger partial charge in [0.05, 0.1) is 0 Å². The lowest BCUT2D eigenvalue weighted by atomic mass is 10.1. The van der Waals surface area contributed by atoms with Crippen LogP contribution in [0.4, 0.5) is 0 Å². The Balaban J connectivity index is 2.29. The normalized spacial score (nSPS) is 11.5. The van der Waals surface area contributed by atoms with Gasteiger partial charge < -0.3 is 4.40 Å². The molecule has 2 aromatic heterocycles. The molecular weight excluding hydrogens is 208 g/mol. The molecule has 0 bridgehead atoms. The van der Waals surface area contributed by atoms with Crippen LogP contribution >= 0.6 is 0 Å².